The number of nitrogens with zero attached hydrogens (tertiary/aromatic N) is 1. The molecule has 4 heteroatoms. The van der Waals surface area contributed by atoms with Crippen molar-refractivity contribution in [1.29, 1.82) is 0 Å². The van der Waals surface area contributed by atoms with Crippen molar-refractivity contribution in [3.8, 4) is 12.0 Å². The number of carbonyl (C=O) groups is 1. The number of rotatable bonds is 2. The SMILES string of the molecule is CC#COC(=O)N(CC)c1cccc(Cl)c1. The van der Waals surface area contributed by atoms with Crippen LogP contribution in [0.2, 0.25) is 5.02 Å². The summed E-state index contributed by atoms with van der Waals surface area (Å²) in [5, 5.41) is 0.574. The maximum absolute atomic E-state index is 11.6. The van der Waals surface area contributed by atoms with Gasteiger partial charge in [0, 0.05) is 24.2 Å². The molecule has 0 unspecified atom stereocenters. The minimum absolute atomic E-state index is 0.491. The lowest BCUT2D eigenvalue weighted by molar-refractivity contribution is 0.199. The number of hydrogen-bond acceptors (Lipinski definition) is 2. The van der Waals surface area contributed by atoms with Crippen LogP contribution in [0.1, 0.15) is 13.8 Å². The average molecular weight is 238 g/mol. The average Bonchev–Trinajstić information content (AvgIpc) is 2.27. The van der Waals surface area contributed by atoms with E-state index in [2.05, 4.69) is 12.0 Å². The number of ether oxygens (including phenoxy) is 1. The molecule has 84 valence electrons. The van der Waals surface area contributed by atoms with Crippen LogP contribution in [0.3, 0.4) is 0 Å². The number of carbonyl (C=O) groups excluding carboxylic acids is 1. The molecule has 0 aromatic heterocycles. The van der Waals surface area contributed by atoms with Crippen molar-refractivity contribution in [2.75, 3.05) is 11.4 Å². The summed E-state index contributed by atoms with van der Waals surface area (Å²) < 4.78 is 4.72. The molecule has 1 amide bonds. The Kier molecular flexibility index (Phi) is 4.68. The van der Waals surface area contributed by atoms with Gasteiger partial charge in [-0.05, 0) is 25.1 Å². The maximum atomic E-state index is 11.6. The molecule has 1 rings (SSSR count). The van der Waals surface area contributed by atoms with E-state index in [0.717, 1.165) is 0 Å². The summed E-state index contributed by atoms with van der Waals surface area (Å²) in [6.07, 6.45) is 1.77. The van der Waals surface area contributed by atoms with Gasteiger partial charge in [-0.1, -0.05) is 23.6 Å². The van der Waals surface area contributed by atoms with Crippen molar-refractivity contribution in [2.24, 2.45) is 0 Å². The van der Waals surface area contributed by atoms with E-state index < -0.39 is 6.09 Å². The van der Waals surface area contributed by atoms with Gasteiger partial charge >= 0.3 is 6.09 Å². The maximum Gasteiger partial charge on any atom is 0.428 e. The van der Waals surface area contributed by atoms with Gasteiger partial charge in [-0.2, -0.15) is 0 Å². The molecule has 0 aliphatic carbocycles. The molecule has 0 radical (unpaired) electrons. The minimum Gasteiger partial charge on any atom is -0.355 e. The first kappa shape index (κ1) is 12.4. The number of amides is 1. The van der Waals surface area contributed by atoms with Crippen molar-refractivity contribution >= 4 is 23.4 Å². The predicted octanol–water partition coefficient (Wildman–Crippen LogP) is 3.28. The summed E-state index contributed by atoms with van der Waals surface area (Å²) in [6, 6.07) is 7.01. The van der Waals surface area contributed by atoms with E-state index in [9.17, 15) is 4.79 Å². The topological polar surface area (TPSA) is 29.5 Å². The minimum atomic E-state index is -0.501. The van der Waals surface area contributed by atoms with Crippen LogP contribution in [0.15, 0.2) is 24.3 Å². The smallest absolute Gasteiger partial charge is 0.355 e. The van der Waals surface area contributed by atoms with E-state index in [1.807, 2.05) is 6.92 Å². The fourth-order valence-electron chi connectivity index (χ4n) is 1.21. The highest BCUT2D eigenvalue weighted by molar-refractivity contribution is 6.30. The van der Waals surface area contributed by atoms with Crippen LogP contribution >= 0.6 is 11.6 Å². The van der Waals surface area contributed by atoms with E-state index in [4.69, 9.17) is 16.3 Å². The monoisotopic (exact) mass is 237 g/mol. The van der Waals surface area contributed by atoms with E-state index in [-0.39, 0.29) is 0 Å². The first-order chi connectivity index (χ1) is 7.69. The molecule has 0 spiro atoms. The van der Waals surface area contributed by atoms with E-state index in [0.29, 0.717) is 17.3 Å². The van der Waals surface area contributed by atoms with Crippen molar-refractivity contribution < 1.29 is 9.53 Å². The molecular weight excluding hydrogens is 226 g/mol. The molecule has 0 atom stereocenters. The summed E-state index contributed by atoms with van der Waals surface area (Å²) in [7, 11) is 0. The zero-order chi connectivity index (χ0) is 12.0. The van der Waals surface area contributed by atoms with Crippen molar-refractivity contribution in [3.05, 3.63) is 29.3 Å². The predicted molar refractivity (Wildman–Crippen MR) is 64.4 cm³/mol. The third-order valence-corrected chi connectivity index (χ3v) is 2.13. The summed E-state index contributed by atoms with van der Waals surface area (Å²) in [6.45, 7) is 3.94. The van der Waals surface area contributed by atoms with Crippen LogP contribution in [-0.2, 0) is 4.74 Å². The van der Waals surface area contributed by atoms with Crippen LogP contribution in [0.25, 0.3) is 0 Å². The highest BCUT2D eigenvalue weighted by Gasteiger charge is 2.14. The van der Waals surface area contributed by atoms with Gasteiger partial charge in [0.2, 0.25) is 0 Å². The van der Waals surface area contributed by atoms with Gasteiger partial charge in [0.1, 0.15) is 6.11 Å². The lowest BCUT2D eigenvalue weighted by atomic mass is 10.3. The Balaban J connectivity index is 2.88. The van der Waals surface area contributed by atoms with E-state index in [1.54, 1.807) is 31.2 Å². The summed E-state index contributed by atoms with van der Waals surface area (Å²) in [5.41, 5.74) is 0.693. The van der Waals surface area contributed by atoms with Gasteiger partial charge in [0.15, 0.2) is 0 Å². The molecule has 0 saturated heterocycles. The normalized spacial score (nSPS) is 8.94. The van der Waals surface area contributed by atoms with Crippen LogP contribution in [0, 0.1) is 12.0 Å². The molecule has 0 N–H and O–H groups in total. The summed E-state index contributed by atoms with van der Waals surface area (Å²) in [4.78, 5) is 13.1. The summed E-state index contributed by atoms with van der Waals surface area (Å²) in [5.74, 6) is 2.49. The molecule has 1 aromatic rings. The molecule has 0 aliphatic rings. The largest absolute Gasteiger partial charge is 0.428 e. The molecule has 3 nitrogen and oxygen atoms in total. The fourth-order valence-corrected chi connectivity index (χ4v) is 1.40. The number of hydrogen-bond donors (Lipinski definition) is 0. The second kappa shape index (κ2) is 6.04. The zero-order valence-corrected chi connectivity index (χ0v) is 9.91. The van der Waals surface area contributed by atoms with Gasteiger partial charge in [0.25, 0.3) is 0 Å². The molecule has 0 aliphatic heterocycles. The lowest BCUT2D eigenvalue weighted by Crippen LogP contribution is -2.30. The van der Waals surface area contributed by atoms with E-state index in [1.165, 1.54) is 4.90 Å². The second-order valence-electron chi connectivity index (χ2n) is 2.94. The standard InChI is InChI=1S/C12H12ClNO2/c1-3-8-16-12(15)14(4-2)11-7-5-6-10(13)9-11/h5-7,9H,4H2,1-2H3. The first-order valence-corrected chi connectivity index (χ1v) is 5.22. The fraction of sp³-hybridized carbons (Fsp3) is 0.250. The molecule has 0 bridgehead atoms. The van der Waals surface area contributed by atoms with Gasteiger partial charge in [-0.25, -0.2) is 4.79 Å². The van der Waals surface area contributed by atoms with E-state index >= 15 is 0 Å². The molecular formula is C12H12ClNO2. The Morgan fingerprint density at radius 2 is 2.31 bits per heavy atom. The lowest BCUT2D eigenvalue weighted by Gasteiger charge is -2.18. The Bertz CT molecular complexity index is 434. The molecule has 0 heterocycles. The third kappa shape index (κ3) is 3.18. The van der Waals surface area contributed by atoms with Crippen molar-refractivity contribution in [1.82, 2.24) is 0 Å². The second-order valence-corrected chi connectivity index (χ2v) is 3.38. The van der Waals surface area contributed by atoms with Gasteiger partial charge < -0.3 is 4.74 Å². The summed E-state index contributed by atoms with van der Waals surface area (Å²) >= 11 is 5.85. The Morgan fingerprint density at radius 1 is 1.56 bits per heavy atom. The number of anilines is 1. The van der Waals surface area contributed by atoms with Gasteiger partial charge in [-0.3, -0.25) is 4.90 Å². The number of halogens is 1. The Hall–Kier alpha value is -1.66. The quantitative estimate of drug-likeness (QED) is 0.739. The Morgan fingerprint density at radius 3 is 2.88 bits per heavy atom. The van der Waals surface area contributed by atoms with Crippen LogP contribution in [-0.4, -0.2) is 12.6 Å². The zero-order valence-electron chi connectivity index (χ0n) is 9.16. The molecule has 0 fully saturated rings. The third-order valence-electron chi connectivity index (χ3n) is 1.90. The van der Waals surface area contributed by atoms with Gasteiger partial charge in [-0.15, -0.1) is 0 Å². The molecule has 0 saturated carbocycles. The first-order valence-electron chi connectivity index (χ1n) is 4.84. The number of benzene rings is 1. The van der Waals surface area contributed by atoms with Gasteiger partial charge in [0.05, 0.1) is 0 Å². The highest BCUT2D eigenvalue weighted by atomic mass is 35.5. The van der Waals surface area contributed by atoms with Crippen LogP contribution in [0.5, 0.6) is 0 Å². The highest BCUT2D eigenvalue weighted by Crippen LogP contribution is 2.19. The van der Waals surface area contributed by atoms with Crippen LogP contribution < -0.4 is 4.90 Å². The van der Waals surface area contributed by atoms with Crippen LogP contribution in [0.4, 0.5) is 10.5 Å². The molecule has 1 aromatic carbocycles. The Labute approximate surface area is 100.0 Å². The molecule has 16 heavy (non-hydrogen) atoms. The van der Waals surface area contributed by atoms with Crippen molar-refractivity contribution in [3.63, 3.8) is 0 Å². The van der Waals surface area contributed by atoms with Crippen molar-refractivity contribution in [2.45, 2.75) is 13.8 Å².